The maximum absolute atomic E-state index is 12.8. The Hall–Kier alpha value is -3.76. The van der Waals surface area contributed by atoms with Gasteiger partial charge in [0.15, 0.2) is 0 Å². The van der Waals surface area contributed by atoms with E-state index in [-0.39, 0.29) is 17.7 Å². The number of rotatable bonds is 5. The summed E-state index contributed by atoms with van der Waals surface area (Å²) in [5, 5.41) is 12.2. The van der Waals surface area contributed by atoms with Crippen molar-refractivity contribution < 1.29 is 13.8 Å². The third kappa shape index (κ3) is 5.18. The van der Waals surface area contributed by atoms with E-state index in [0.29, 0.717) is 47.6 Å². The molecule has 0 radical (unpaired) electrons. The molecule has 0 spiro atoms. The summed E-state index contributed by atoms with van der Waals surface area (Å²) in [4.78, 5) is 28.6. The molecule has 166 valence electrons. The number of piperidine rings is 1. The first-order valence-corrected chi connectivity index (χ1v) is 11.9. The van der Waals surface area contributed by atoms with Crippen molar-refractivity contribution in [2.45, 2.75) is 22.6 Å². The van der Waals surface area contributed by atoms with Crippen molar-refractivity contribution in [3.63, 3.8) is 0 Å². The number of benzene rings is 3. The average Bonchev–Trinajstić information content (AvgIpc) is 2.89. The van der Waals surface area contributed by atoms with Crippen LogP contribution >= 0.6 is 0 Å². The van der Waals surface area contributed by atoms with Gasteiger partial charge in [0.1, 0.15) is 0 Å². The van der Waals surface area contributed by atoms with Crippen molar-refractivity contribution >= 4 is 28.3 Å². The number of nitrogens with zero attached hydrogens (tertiary/aromatic N) is 2. The van der Waals surface area contributed by atoms with E-state index in [4.69, 9.17) is 0 Å². The van der Waals surface area contributed by atoms with Crippen LogP contribution in [-0.4, -0.2) is 34.0 Å². The normalized spacial score (nSPS) is 14.8. The molecule has 0 bridgehead atoms. The van der Waals surface area contributed by atoms with Gasteiger partial charge in [-0.25, -0.2) is 4.21 Å². The highest BCUT2D eigenvalue weighted by atomic mass is 32.2. The molecule has 2 amide bonds. The van der Waals surface area contributed by atoms with Crippen LogP contribution in [0.2, 0.25) is 0 Å². The molecule has 1 heterocycles. The molecule has 0 saturated carbocycles. The second-order valence-electron chi connectivity index (χ2n) is 7.82. The van der Waals surface area contributed by atoms with E-state index < -0.39 is 10.8 Å². The summed E-state index contributed by atoms with van der Waals surface area (Å²) in [6.45, 7) is 0.928. The molecule has 7 heteroatoms. The van der Waals surface area contributed by atoms with Gasteiger partial charge >= 0.3 is 0 Å². The van der Waals surface area contributed by atoms with E-state index in [1.807, 2.05) is 30.3 Å². The Bertz CT molecular complexity index is 1210. The fourth-order valence-electron chi connectivity index (χ4n) is 3.87. The van der Waals surface area contributed by atoms with Crippen molar-refractivity contribution in [1.29, 1.82) is 5.26 Å². The van der Waals surface area contributed by atoms with Gasteiger partial charge in [0, 0.05) is 34.5 Å². The van der Waals surface area contributed by atoms with Gasteiger partial charge in [-0.2, -0.15) is 5.26 Å². The van der Waals surface area contributed by atoms with Crippen LogP contribution in [0.4, 0.5) is 5.69 Å². The lowest BCUT2D eigenvalue weighted by molar-refractivity contribution is -0.121. The van der Waals surface area contributed by atoms with E-state index >= 15 is 0 Å². The number of amides is 2. The van der Waals surface area contributed by atoms with Crippen LogP contribution in [0.5, 0.6) is 0 Å². The van der Waals surface area contributed by atoms with E-state index in [9.17, 15) is 19.1 Å². The monoisotopic (exact) mass is 457 g/mol. The number of likely N-dealkylation sites (tertiary alicyclic amines) is 1. The molecule has 4 rings (SSSR count). The number of anilines is 1. The summed E-state index contributed by atoms with van der Waals surface area (Å²) in [7, 11) is -1.27. The lowest BCUT2D eigenvalue weighted by Crippen LogP contribution is -2.41. The second-order valence-corrected chi connectivity index (χ2v) is 9.30. The van der Waals surface area contributed by atoms with Crippen LogP contribution in [0.3, 0.4) is 0 Å². The summed E-state index contributed by atoms with van der Waals surface area (Å²) < 4.78 is 12.6. The lowest BCUT2D eigenvalue weighted by Gasteiger charge is -2.31. The number of carbonyl (C=O) groups excluding carboxylic acids is 2. The molecule has 1 aliphatic rings. The van der Waals surface area contributed by atoms with Crippen LogP contribution in [0.15, 0.2) is 88.7 Å². The van der Waals surface area contributed by atoms with Crippen LogP contribution in [0.1, 0.15) is 28.8 Å². The van der Waals surface area contributed by atoms with E-state index in [1.165, 1.54) is 0 Å². The van der Waals surface area contributed by atoms with Gasteiger partial charge < -0.3 is 10.2 Å². The van der Waals surface area contributed by atoms with Crippen LogP contribution in [0.25, 0.3) is 0 Å². The second kappa shape index (κ2) is 10.2. The number of nitrogens with one attached hydrogen (secondary N) is 1. The van der Waals surface area contributed by atoms with Crippen LogP contribution in [0, 0.1) is 17.2 Å². The fraction of sp³-hybridized carbons (Fsp3) is 0.192. The predicted octanol–water partition coefficient (Wildman–Crippen LogP) is 4.22. The topological polar surface area (TPSA) is 90.3 Å². The van der Waals surface area contributed by atoms with Gasteiger partial charge in [-0.1, -0.05) is 30.3 Å². The van der Waals surface area contributed by atoms with Gasteiger partial charge in [-0.3, -0.25) is 9.59 Å². The highest BCUT2D eigenvalue weighted by Crippen LogP contribution is 2.23. The molecule has 3 aromatic carbocycles. The number of nitriles is 1. The van der Waals surface area contributed by atoms with Gasteiger partial charge in [-0.05, 0) is 61.4 Å². The van der Waals surface area contributed by atoms with Gasteiger partial charge in [0.2, 0.25) is 5.91 Å². The average molecular weight is 458 g/mol. The highest BCUT2D eigenvalue weighted by molar-refractivity contribution is 7.85. The van der Waals surface area contributed by atoms with Gasteiger partial charge in [0.25, 0.3) is 5.91 Å². The number of carbonyl (C=O) groups is 2. The predicted molar refractivity (Wildman–Crippen MR) is 126 cm³/mol. The van der Waals surface area contributed by atoms with Crippen molar-refractivity contribution in [2.75, 3.05) is 18.4 Å². The Labute approximate surface area is 195 Å². The Kier molecular flexibility index (Phi) is 6.96. The third-order valence-corrected chi connectivity index (χ3v) is 7.12. The molecule has 1 fully saturated rings. The molecule has 0 aliphatic carbocycles. The van der Waals surface area contributed by atoms with Gasteiger partial charge in [-0.15, -0.1) is 0 Å². The largest absolute Gasteiger partial charge is 0.339 e. The summed E-state index contributed by atoms with van der Waals surface area (Å²) in [5.41, 5.74) is 1.41. The smallest absolute Gasteiger partial charge is 0.255 e. The van der Waals surface area contributed by atoms with E-state index in [2.05, 4.69) is 11.4 Å². The van der Waals surface area contributed by atoms with Crippen LogP contribution in [-0.2, 0) is 15.6 Å². The molecule has 1 unspecified atom stereocenters. The highest BCUT2D eigenvalue weighted by Gasteiger charge is 2.28. The third-order valence-electron chi connectivity index (χ3n) is 5.72. The summed E-state index contributed by atoms with van der Waals surface area (Å²) in [6, 6.07) is 25.1. The number of hydrogen-bond acceptors (Lipinski definition) is 4. The Morgan fingerprint density at radius 1 is 0.879 bits per heavy atom. The quantitative estimate of drug-likeness (QED) is 0.621. The first-order chi connectivity index (χ1) is 16.1. The summed E-state index contributed by atoms with van der Waals surface area (Å²) in [5.74, 6) is -0.456. The summed E-state index contributed by atoms with van der Waals surface area (Å²) in [6.07, 6.45) is 1.12. The van der Waals surface area contributed by atoms with Gasteiger partial charge in [0.05, 0.1) is 28.0 Å². The zero-order valence-corrected chi connectivity index (χ0v) is 18.8. The zero-order valence-electron chi connectivity index (χ0n) is 17.9. The number of hydrogen-bond donors (Lipinski definition) is 1. The zero-order chi connectivity index (χ0) is 23.2. The lowest BCUT2D eigenvalue weighted by atomic mass is 9.95. The molecule has 1 aliphatic heterocycles. The minimum absolute atomic E-state index is 0.0866. The fourth-order valence-corrected chi connectivity index (χ4v) is 4.93. The first kappa shape index (κ1) is 22.4. The molecular formula is C26H23N3O3S. The van der Waals surface area contributed by atoms with E-state index in [0.717, 1.165) is 4.90 Å². The molecule has 1 atom stereocenters. The minimum atomic E-state index is -1.27. The molecule has 1 N–H and O–H groups in total. The summed E-state index contributed by atoms with van der Waals surface area (Å²) >= 11 is 0. The SMILES string of the molecule is N#Cc1ccccc1C(=O)N1CCC(C(=O)Nc2ccc(S(=O)c3ccccc3)cc2)CC1. The standard InChI is InChI=1S/C26H23N3O3S/c27-18-20-6-4-5-9-24(20)26(31)29-16-14-19(15-17-29)25(30)28-21-10-12-23(13-11-21)33(32)22-7-2-1-3-8-22/h1-13,19H,14-17H2,(H,28,30). The molecule has 0 aromatic heterocycles. The Balaban J connectivity index is 1.32. The molecule has 3 aromatic rings. The molecule has 1 saturated heterocycles. The van der Waals surface area contributed by atoms with Crippen molar-refractivity contribution in [3.8, 4) is 6.07 Å². The molecule has 33 heavy (non-hydrogen) atoms. The van der Waals surface area contributed by atoms with Crippen LogP contribution < -0.4 is 5.32 Å². The Morgan fingerprint density at radius 3 is 2.15 bits per heavy atom. The maximum atomic E-state index is 12.8. The first-order valence-electron chi connectivity index (χ1n) is 10.7. The van der Waals surface area contributed by atoms with Crippen molar-refractivity contribution in [2.24, 2.45) is 5.92 Å². The van der Waals surface area contributed by atoms with Crippen molar-refractivity contribution in [3.05, 3.63) is 90.0 Å². The molecule has 6 nitrogen and oxygen atoms in total. The maximum Gasteiger partial charge on any atom is 0.255 e. The van der Waals surface area contributed by atoms with E-state index in [1.54, 1.807) is 53.4 Å². The molecular weight excluding hydrogens is 434 g/mol. The minimum Gasteiger partial charge on any atom is -0.339 e. The van der Waals surface area contributed by atoms with Crippen molar-refractivity contribution in [1.82, 2.24) is 4.90 Å². The Morgan fingerprint density at radius 2 is 1.48 bits per heavy atom.